The number of aliphatic hydroxyl groups is 1. The predicted molar refractivity (Wildman–Crippen MR) is 86.5 cm³/mol. The van der Waals surface area contributed by atoms with Crippen LogP contribution in [0.3, 0.4) is 0 Å². The van der Waals surface area contributed by atoms with Crippen molar-refractivity contribution >= 4 is 43.0 Å². The molecule has 0 radical (unpaired) electrons. The normalized spacial score (nSPS) is 11.4. The second kappa shape index (κ2) is 6.35. The van der Waals surface area contributed by atoms with Gasteiger partial charge in [0.2, 0.25) is 0 Å². The first kappa shape index (κ1) is 16.3. The molecule has 0 aliphatic heterocycles. The summed E-state index contributed by atoms with van der Waals surface area (Å²) in [5.74, 6) is 0.536. The number of anilines is 1. The Morgan fingerprint density at radius 1 is 1.38 bits per heavy atom. The summed E-state index contributed by atoms with van der Waals surface area (Å²) in [5.41, 5.74) is 1.17. The maximum Gasteiger partial charge on any atom is 0.271 e. The summed E-state index contributed by atoms with van der Waals surface area (Å²) in [5, 5.41) is 9.16. The van der Waals surface area contributed by atoms with Crippen molar-refractivity contribution < 1.29 is 18.3 Å². The average Bonchev–Trinajstić information content (AvgIpc) is 2.82. The minimum atomic E-state index is -3.68. The summed E-state index contributed by atoms with van der Waals surface area (Å²) in [6.07, 6.45) is 0. The maximum atomic E-state index is 12.3. The summed E-state index contributed by atoms with van der Waals surface area (Å²) in [4.78, 5) is 0.642. The van der Waals surface area contributed by atoms with Gasteiger partial charge in [-0.15, -0.1) is 11.3 Å². The third-order valence-corrected chi connectivity index (χ3v) is 6.54. The molecular formula is C13H14BrNO4S2. The van der Waals surface area contributed by atoms with Gasteiger partial charge in [0.15, 0.2) is 0 Å². The van der Waals surface area contributed by atoms with Gasteiger partial charge in [0.05, 0.1) is 23.9 Å². The van der Waals surface area contributed by atoms with E-state index >= 15 is 0 Å². The topological polar surface area (TPSA) is 75.6 Å². The molecule has 1 aromatic carbocycles. The van der Waals surface area contributed by atoms with Crippen molar-refractivity contribution in [3.8, 4) is 5.75 Å². The number of aliphatic hydroxyl groups excluding tert-OH is 1. The molecule has 2 rings (SSSR count). The van der Waals surface area contributed by atoms with Crippen LogP contribution in [0, 0.1) is 6.92 Å². The highest BCUT2D eigenvalue weighted by Gasteiger charge is 2.19. The molecule has 5 nitrogen and oxygen atoms in total. The van der Waals surface area contributed by atoms with E-state index in [9.17, 15) is 8.42 Å². The Morgan fingerprint density at radius 2 is 2.10 bits per heavy atom. The zero-order chi connectivity index (χ0) is 15.6. The van der Waals surface area contributed by atoms with Crippen molar-refractivity contribution in [2.24, 2.45) is 0 Å². The van der Waals surface area contributed by atoms with Gasteiger partial charge in [-0.05, 0) is 46.6 Å². The first-order valence-corrected chi connectivity index (χ1v) is 9.03. The molecular weight excluding hydrogens is 378 g/mol. The van der Waals surface area contributed by atoms with Crippen molar-refractivity contribution in [1.82, 2.24) is 0 Å². The van der Waals surface area contributed by atoms with Gasteiger partial charge in [0.25, 0.3) is 10.0 Å². The average molecular weight is 392 g/mol. The van der Waals surface area contributed by atoms with Crippen LogP contribution in [-0.2, 0) is 16.6 Å². The SMILES string of the molecule is COc1cc(NS(=O)(=O)c2cc(C)c(CO)s2)ccc1Br. The molecule has 2 aromatic rings. The number of aryl methyl sites for hydroxylation is 1. The molecule has 21 heavy (non-hydrogen) atoms. The van der Waals surface area contributed by atoms with Crippen molar-refractivity contribution in [2.45, 2.75) is 17.7 Å². The van der Waals surface area contributed by atoms with E-state index in [1.165, 1.54) is 7.11 Å². The van der Waals surface area contributed by atoms with Crippen LogP contribution in [0.25, 0.3) is 0 Å². The van der Waals surface area contributed by atoms with E-state index in [0.717, 1.165) is 21.4 Å². The minimum Gasteiger partial charge on any atom is -0.495 e. The summed E-state index contributed by atoms with van der Waals surface area (Å²) in [6, 6.07) is 6.48. The van der Waals surface area contributed by atoms with Crippen LogP contribution in [-0.4, -0.2) is 20.6 Å². The van der Waals surface area contributed by atoms with Gasteiger partial charge in [0, 0.05) is 10.9 Å². The zero-order valence-corrected chi connectivity index (χ0v) is 14.6. The van der Waals surface area contributed by atoms with Crippen LogP contribution in [0.15, 0.2) is 32.9 Å². The molecule has 114 valence electrons. The second-order valence-electron chi connectivity index (χ2n) is 4.28. The third kappa shape index (κ3) is 3.57. The largest absolute Gasteiger partial charge is 0.495 e. The summed E-state index contributed by atoms with van der Waals surface area (Å²) >= 11 is 4.37. The Kier molecular flexibility index (Phi) is 4.92. The standard InChI is InChI=1S/C13H14BrNO4S2/c1-8-5-13(20-12(8)7-16)21(17,18)15-9-3-4-10(14)11(6-9)19-2/h3-6,15-16H,7H2,1-2H3. The Hall–Kier alpha value is -1.09. The van der Waals surface area contributed by atoms with E-state index in [1.54, 1.807) is 31.2 Å². The molecule has 0 atom stereocenters. The number of hydrogen-bond acceptors (Lipinski definition) is 5. The molecule has 0 unspecified atom stereocenters. The smallest absolute Gasteiger partial charge is 0.271 e. The van der Waals surface area contributed by atoms with Crippen molar-refractivity contribution in [1.29, 1.82) is 0 Å². The van der Waals surface area contributed by atoms with Crippen LogP contribution in [0.5, 0.6) is 5.75 Å². The lowest BCUT2D eigenvalue weighted by Crippen LogP contribution is -2.11. The Balaban J connectivity index is 2.32. The lowest BCUT2D eigenvalue weighted by atomic mass is 10.3. The number of ether oxygens (including phenoxy) is 1. The van der Waals surface area contributed by atoms with E-state index in [0.29, 0.717) is 16.3 Å². The summed E-state index contributed by atoms with van der Waals surface area (Å²) < 4.78 is 33.2. The van der Waals surface area contributed by atoms with Gasteiger partial charge >= 0.3 is 0 Å². The number of halogens is 1. The number of hydrogen-bond donors (Lipinski definition) is 2. The van der Waals surface area contributed by atoms with Gasteiger partial charge in [-0.3, -0.25) is 4.72 Å². The highest BCUT2D eigenvalue weighted by molar-refractivity contribution is 9.10. The molecule has 1 heterocycles. The molecule has 0 saturated heterocycles. The lowest BCUT2D eigenvalue weighted by Gasteiger charge is -2.09. The molecule has 1 aromatic heterocycles. The van der Waals surface area contributed by atoms with E-state index in [1.807, 2.05) is 0 Å². The van der Waals surface area contributed by atoms with Crippen LogP contribution in [0.1, 0.15) is 10.4 Å². The minimum absolute atomic E-state index is 0.169. The molecule has 0 bridgehead atoms. The van der Waals surface area contributed by atoms with Crippen molar-refractivity contribution in [3.05, 3.63) is 39.2 Å². The monoisotopic (exact) mass is 391 g/mol. The second-order valence-corrected chi connectivity index (χ2v) is 8.18. The first-order chi connectivity index (χ1) is 9.87. The molecule has 0 aliphatic rings. The van der Waals surface area contributed by atoms with Crippen molar-refractivity contribution in [2.75, 3.05) is 11.8 Å². The van der Waals surface area contributed by atoms with E-state index in [4.69, 9.17) is 9.84 Å². The Labute approximate surface area is 135 Å². The number of benzene rings is 1. The first-order valence-electron chi connectivity index (χ1n) is 5.94. The fourth-order valence-electron chi connectivity index (χ4n) is 1.71. The maximum absolute atomic E-state index is 12.3. The van der Waals surface area contributed by atoms with Crippen LogP contribution in [0.2, 0.25) is 0 Å². The third-order valence-electron chi connectivity index (χ3n) is 2.81. The van der Waals surface area contributed by atoms with E-state index in [2.05, 4.69) is 20.7 Å². The molecule has 2 N–H and O–H groups in total. The van der Waals surface area contributed by atoms with Crippen molar-refractivity contribution in [3.63, 3.8) is 0 Å². The number of thiophene rings is 1. The number of nitrogens with one attached hydrogen (secondary N) is 1. The number of methoxy groups -OCH3 is 1. The highest BCUT2D eigenvalue weighted by Crippen LogP contribution is 2.31. The summed E-state index contributed by atoms with van der Waals surface area (Å²) in [7, 11) is -2.17. The summed E-state index contributed by atoms with van der Waals surface area (Å²) in [6.45, 7) is 1.60. The van der Waals surface area contributed by atoms with Gasteiger partial charge in [0.1, 0.15) is 9.96 Å². The molecule has 0 saturated carbocycles. The van der Waals surface area contributed by atoms with Gasteiger partial charge < -0.3 is 9.84 Å². The predicted octanol–water partition coefficient (Wildman–Crippen LogP) is 3.12. The molecule has 8 heteroatoms. The molecule has 0 fully saturated rings. The highest BCUT2D eigenvalue weighted by atomic mass is 79.9. The van der Waals surface area contributed by atoms with Crippen LogP contribution in [0.4, 0.5) is 5.69 Å². The number of sulfonamides is 1. The quantitative estimate of drug-likeness (QED) is 0.820. The fourth-order valence-corrected chi connectivity index (χ4v) is 4.61. The Bertz CT molecular complexity index is 756. The van der Waals surface area contributed by atoms with Gasteiger partial charge in [-0.2, -0.15) is 0 Å². The van der Waals surface area contributed by atoms with Gasteiger partial charge in [-0.25, -0.2) is 8.42 Å². The van der Waals surface area contributed by atoms with Gasteiger partial charge in [-0.1, -0.05) is 0 Å². The fraction of sp³-hybridized carbons (Fsp3) is 0.231. The molecule has 0 amide bonds. The number of rotatable bonds is 5. The molecule has 0 aliphatic carbocycles. The van der Waals surface area contributed by atoms with E-state index < -0.39 is 10.0 Å². The Morgan fingerprint density at radius 3 is 2.67 bits per heavy atom. The lowest BCUT2D eigenvalue weighted by molar-refractivity contribution is 0.285. The van der Waals surface area contributed by atoms with Crippen LogP contribution < -0.4 is 9.46 Å². The zero-order valence-electron chi connectivity index (χ0n) is 11.4. The van der Waals surface area contributed by atoms with E-state index in [-0.39, 0.29) is 10.8 Å². The molecule has 0 spiro atoms. The van der Waals surface area contributed by atoms with Crippen LogP contribution >= 0.6 is 27.3 Å².